The smallest absolute Gasteiger partial charge is 0.0972 e. The van der Waals surface area contributed by atoms with Gasteiger partial charge in [-0.25, -0.2) is 0 Å². The summed E-state index contributed by atoms with van der Waals surface area (Å²) in [7, 11) is 3.54. The fourth-order valence-electron chi connectivity index (χ4n) is 3.47. The third-order valence-corrected chi connectivity index (χ3v) is 4.96. The minimum absolute atomic E-state index is 0.105. The average molecular weight is 271 g/mol. The van der Waals surface area contributed by atoms with Gasteiger partial charge < -0.3 is 15.2 Å². The van der Waals surface area contributed by atoms with Crippen molar-refractivity contribution in [3.05, 3.63) is 0 Å². The first-order valence-electron chi connectivity index (χ1n) is 7.31. The Bertz CT molecular complexity index is 288. The van der Waals surface area contributed by atoms with Crippen molar-refractivity contribution >= 4 is 0 Å². The van der Waals surface area contributed by atoms with Crippen LogP contribution >= 0.6 is 0 Å². The van der Waals surface area contributed by atoms with Gasteiger partial charge in [-0.05, 0) is 20.3 Å². The lowest BCUT2D eigenvalue weighted by Gasteiger charge is -2.38. The summed E-state index contributed by atoms with van der Waals surface area (Å²) in [5, 5.41) is 0. The molecule has 2 fully saturated rings. The topological polar surface area (TPSA) is 51.0 Å². The van der Waals surface area contributed by atoms with Gasteiger partial charge in [-0.1, -0.05) is 0 Å². The van der Waals surface area contributed by atoms with E-state index in [4.69, 9.17) is 15.2 Å². The zero-order valence-electron chi connectivity index (χ0n) is 12.8. The minimum atomic E-state index is 0.105. The molecule has 0 aromatic heterocycles. The van der Waals surface area contributed by atoms with Crippen LogP contribution in [0.1, 0.15) is 20.3 Å². The molecule has 2 saturated heterocycles. The van der Waals surface area contributed by atoms with E-state index in [0.29, 0.717) is 12.6 Å². The number of hydrogen-bond donors (Lipinski definition) is 1. The maximum Gasteiger partial charge on any atom is 0.0972 e. The first-order chi connectivity index (χ1) is 9.06. The Kier molecular flexibility index (Phi) is 4.84. The molecule has 0 bridgehead atoms. The van der Waals surface area contributed by atoms with Crippen molar-refractivity contribution in [2.45, 2.75) is 44.1 Å². The van der Waals surface area contributed by atoms with Crippen LogP contribution in [0.5, 0.6) is 0 Å². The number of likely N-dealkylation sites (tertiary alicyclic amines) is 2. The van der Waals surface area contributed by atoms with E-state index >= 15 is 0 Å². The molecule has 5 heteroatoms. The number of methoxy groups -OCH3 is 2. The Labute approximate surface area is 117 Å². The first-order valence-corrected chi connectivity index (χ1v) is 7.31. The minimum Gasteiger partial charge on any atom is -0.377 e. The lowest BCUT2D eigenvalue weighted by atomic mass is 9.96. The second-order valence-electron chi connectivity index (χ2n) is 6.20. The van der Waals surface area contributed by atoms with Crippen molar-refractivity contribution in [2.24, 2.45) is 5.73 Å². The van der Waals surface area contributed by atoms with Crippen LogP contribution in [0.4, 0.5) is 0 Å². The molecule has 112 valence electrons. The van der Waals surface area contributed by atoms with Gasteiger partial charge in [-0.15, -0.1) is 0 Å². The Hall–Kier alpha value is -0.200. The normalized spacial score (nSPS) is 37.6. The van der Waals surface area contributed by atoms with E-state index in [1.807, 2.05) is 0 Å². The van der Waals surface area contributed by atoms with Gasteiger partial charge in [-0.2, -0.15) is 0 Å². The molecule has 2 rings (SSSR count). The molecule has 0 aromatic carbocycles. The highest BCUT2D eigenvalue weighted by molar-refractivity contribution is 5.05. The Morgan fingerprint density at radius 2 is 1.79 bits per heavy atom. The van der Waals surface area contributed by atoms with Crippen LogP contribution in [0.3, 0.4) is 0 Å². The number of nitrogens with two attached hydrogens (primary N) is 1. The van der Waals surface area contributed by atoms with Crippen molar-refractivity contribution in [3.8, 4) is 0 Å². The summed E-state index contributed by atoms with van der Waals surface area (Å²) in [5.41, 5.74) is 6.24. The maximum absolute atomic E-state index is 6.13. The van der Waals surface area contributed by atoms with E-state index in [1.54, 1.807) is 14.2 Å². The molecule has 0 aromatic rings. The van der Waals surface area contributed by atoms with E-state index in [0.717, 1.165) is 32.6 Å². The van der Waals surface area contributed by atoms with E-state index in [2.05, 4.69) is 23.6 Å². The molecule has 3 unspecified atom stereocenters. The zero-order valence-corrected chi connectivity index (χ0v) is 12.8. The van der Waals surface area contributed by atoms with Gasteiger partial charge in [0.05, 0.1) is 12.2 Å². The van der Waals surface area contributed by atoms with E-state index in [-0.39, 0.29) is 17.7 Å². The van der Waals surface area contributed by atoms with Crippen molar-refractivity contribution in [2.75, 3.05) is 46.9 Å². The van der Waals surface area contributed by atoms with Gasteiger partial charge in [0.1, 0.15) is 0 Å². The zero-order chi connectivity index (χ0) is 14.0. The van der Waals surface area contributed by atoms with Crippen molar-refractivity contribution in [3.63, 3.8) is 0 Å². The Morgan fingerprint density at radius 3 is 2.16 bits per heavy atom. The highest BCUT2D eigenvalue weighted by Crippen LogP contribution is 2.32. The van der Waals surface area contributed by atoms with Gasteiger partial charge in [0.2, 0.25) is 0 Å². The lowest BCUT2D eigenvalue weighted by molar-refractivity contribution is -0.00461. The molecule has 0 spiro atoms. The molecule has 0 amide bonds. The molecule has 0 saturated carbocycles. The number of rotatable bonds is 5. The largest absolute Gasteiger partial charge is 0.377 e. The van der Waals surface area contributed by atoms with Gasteiger partial charge in [0, 0.05) is 58.5 Å². The lowest BCUT2D eigenvalue weighted by Crippen LogP contribution is -2.55. The van der Waals surface area contributed by atoms with Crippen molar-refractivity contribution in [1.29, 1.82) is 0 Å². The molecule has 19 heavy (non-hydrogen) atoms. The molecule has 2 aliphatic rings. The maximum atomic E-state index is 6.13. The quantitative estimate of drug-likeness (QED) is 0.771. The van der Waals surface area contributed by atoms with E-state index in [9.17, 15) is 0 Å². The third kappa shape index (κ3) is 2.81. The summed E-state index contributed by atoms with van der Waals surface area (Å²) in [6.45, 7) is 9.28. The van der Waals surface area contributed by atoms with Crippen molar-refractivity contribution in [1.82, 2.24) is 9.80 Å². The second kappa shape index (κ2) is 6.06. The molecule has 2 heterocycles. The van der Waals surface area contributed by atoms with Crippen LogP contribution in [0.2, 0.25) is 0 Å². The van der Waals surface area contributed by atoms with Gasteiger partial charge in [0.15, 0.2) is 0 Å². The molecule has 2 aliphatic heterocycles. The number of ether oxygens (including phenoxy) is 2. The summed E-state index contributed by atoms with van der Waals surface area (Å²) >= 11 is 0. The van der Waals surface area contributed by atoms with E-state index in [1.165, 1.54) is 0 Å². The van der Waals surface area contributed by atoms with Crippen LogP contribution in [0, 0.1) is 0 Å². The molecular weight excluding hydrogens is 242 g/mol. The highest BCUT2D eigenvalue weighted by Gasteiger charge is 2.47. The third-order valence-electron chi connectivity index (χ3n) is 4.96. The predicted molar refractivity (Wildman–Crippen MR) is 76.3 cm³/mol. The fraction of sp³-hybridized carbons (Fsp3) is 1.00. The molecule has 3 atom stereocenters. The fourth-order valence-corrected chi connectivity index (χ4v) is 3.47. The van der Waals surface area contributed by atoms with E-state index < -0.39 is 0 Å². The van der Waals surface area contributed by atoms with Crippen LogP contribution in [-0.2, 0) is 9.47 Å². The second-order valence-corrected chi connectivity index (χ2v) is 6.20. The standard InChI is InChI=1S/C14H29N3O2/c1-11(2)16-6-5-14(9-15,10-16)17-7-12(18-3)13(8-17)19-4/h11-13H,5-10,15H2,1-4H3. The molecular formula is C14H29N3O2. The predicted octanol–water partition coefficient (Wildman–Crippen LogP) is 0.144. The van der Waals surface area contributed by atoms with Crippen LogP contribution in [0.25, 0.3) is 0 Å². The molecule has 0 aliphatic carbocycles. The summed E-state index contributed by atoms with van der Waals surface area (Å²) < 4.78 is 11.1. The SMILES string of the molecule is COC1CN(C2(CN)CCN(C(C)C)C2)CC1OC. The summed E-state index contributed by atoms with van der Waals surface area (Å²) in [5.74, 6) is 0. The number of nitrogens with zero attached hydrogens (tertiary/aromatic N) is 2. The van der Waals surface area contributed by atoms with Gasteiger partial charge >= 0.3 is 0 Å². The van der Waals surface area contributed by atoms with Crippen molar-refractivity contribution < 1.29 is 9.47 Å². The van der Waals surface area contributed by atoms with Gasteiger partial charge in [-0.3, -0.25) is 9.80 Å². The summed E-state index contributed by atoms with van der Waals surface area (Å²) in [6, 6.07) is 0.590. The average Bonchev–Trinajstić information content (AvgIpc) is 3.03. The van der Waals surface area contributed by atoms with Crippen LogP contribution < -0.4 is 5.73 Å². The molecule has 5 nitrogen and oxygen atoms in total. The monoisotopic (exact) mass is 271 g/mol. The Morgan fingerprint density at radius 1 is 1.21 bits per heavy atom. The molecule has 0 radical (unpaired) electrons. The van der Waals surface area contributed by atoms with Crippen LogP contribution in [-0.4, -0.2) is 80.5 Å². The molecule has 2 N–H and O–H groups in total. The summed E-state index contributed by atoms with van der Waals surface area (Å²) in [4.78, 5) is 5.02. The first kappa shape index (κ1) is 15.2. The van der Waals surface area contributed by atoms with Crippen LogP contribution in [0.15, 0.2) is 0 Å². The highest BCUT2D eigenvalue weighted by atomic mass is 16.5. The Balaban J connectivity index is 2.07. The number of hydrogen-bond acceptors (Lipinski definition) is 5. The van der Waals surface area contributed by atoms with Gasteiger partial charge in [0.25, 0.3) is 0 Å². The summed E-state index contributed by atoms with van der Waals surface area (Å²) in [6.07, 6.45) is 1.48.